The van der Waals surface area contributed by atoms with Gasteiger partial charge in [-0.3, -0.25) is 14.9 Å². The van der Waals surface area contributed by atoms with E-state index in [1.165, 1.54) is 18.3 Å². The first-order valence-electron chi connectivity index (χ1n) is 6.94. The molecule has 2 rings (SSSR count). The first kappa shape index (κ1) is 16.9. The summed E-state index contributed by atoms with van der Waals surface area (Å²) in [6.45, 7) is 1.71. The van der Waals surface area contributed by atoms with Gasteiger partial charge in [0.2, 0.25) is 0 Å². The third-order valence-electron chi connectivity index (χ3n) is 2.96. The predicted molar refractivity (Wildman–Crippen MR) is 87.2 cm³/mol. The molecule has 0 saturated heterocycles. The Morgan fingerprint density at radius 1 is 1.38 bits per heavy atom. The van der Waals surface area contributed by atoms with Crippen molar-refractivity contribution in [3.63, 3.8) is 0 Å². The van der Waals surface area contributed by atoms with Gasteiger partial charge in [-0.15, -0.1) is 0 Å². The molecule has 2 N–H and O–H groups in total. The Morgan fingerprint density at radius 3 is 2.83 bits per heavy atom. The van der Waals surface area contributed by atoms with E-state index in [2.05, 4.69) is 10.5 Å². The van der Waals surface area contributed by atoms with Gasteiger partial charge in [0, 0.05) is 6.07 Å². The largest absolute Gasteiger partial charge is 0.502 e. The lowest BCUT2D eigenvalue weighted by Crippen LogP contribution is -2.24. The van der Waals surface area contributed by atoms with Crippen LogP contribution in [0.1, 0.15) is 11.1 Å². The van der Waals surface area contributed by atoms with Crippen LogP contribution in [0.15, 0.2) is 47.6 Å². The summed E-state index contributed by atoms with van der Waals surface area (Å²) >= 11 is 0. The number of aromatic hydroxyl groups is 1. The molecule has 0 bridgehead atoms. The second-order valence-corrected chi connectivity index (χ2v) is 4.90. The van der Waals surface area contributed by atoms with E-state index in [-0.39, 0.29) is 6.61 Å². The van der Waals surface area contributed by atoms with Crippen LogP contribution in [-0.4, -0.2) is 28.8 Å². The molecule has 2 aromatic rings. The highest BCUT2D eigenvalue weighted by Gasteiger charge is 2.12. The van der Waals surface area contributed by atoms with E-state index < -0.39 is 22.3 Å². The summed E-state index contributed by atoms with van der Waals surface area (Å²) in [7, 11) is 0. The standard InChI is InChI=1S/C16H15N3O5/c1-11-3-2-4-13(7-11)24-10-16(21)18-17-9-12-5-6-14(19(22)23)15(20)8-12/h2-9,20H,10H2,1H3,(H,18,21). The maximum absolute atomic E-state index is 11.6. The molecule has 0 aromatic heterocycles. The number of carbonyl (C=O) groups excluding carboxylic acids is 1. The average molecular weight is 329 g/mol. The number of hydrazone groups is 1. The maximum Gasteiger partial charge on any atom is 0.310 e. The minimum absolute atomic E-state index is 0.202. The summed E-state index contributed by atoms with van der Waals surface area (Å²) in [5, 5.41) is 23.8. The van der Waals surface area contributed by atoms with Gasteiger partial charge in [-0.25, -0.2) is 5.43 Å². The van der Waals surface area contributed by atoms with Gasteiger partial charge < -0.3 is 9.84 Å². The fraction of sp³-hybridized carbons (Fsp3) is 0.125. The van der Waals surface area contributed by atoms with E-state index in [9.17, 15) is 20.0 Å². The predicted octanol–water partition coefficient (Wildman–Crippen LogP) is 2.14. The van der Waals surface area contributed by atoms with Crippen molar-refractivity contribution >= 4 is 17.8 Å². The Labute approximate surface area is 137 Å². The van der Waals surface area contributed by atoms with Gasteiger partial charge in [-0.1, -0.05) is 12.1 Å². The SMILES string of the molecule is Cc1cccc(OCC(=O)NN=Cc2ccc([N+](=O)[O-])c(O)c2)c1. The smallest absolute Gasteiger partial charge is 0.310 e. The van der Waals surface area contributed by atoms with Gasteiger partial charge >= 0.3 is 5.69 Å². The molecule has 0 radical (unpaired) electrons. The zero-order chi connectivity index (χ0) is 17.5. The van der Waals surface area contributed by atoms with Crippen LogP contribution in [0.4, 0.5) is 5.69 Å². The second-order valence-electron chi connectivity index (χ2n) is 4.90. The van der Waals surface area contributed by atoms with E-state index in [0.29, 0.717) is 11.3 Å². The first-order chi connectivity index (χ1) is 11.5. The van der Waals surface area contributed by atoms with Crippen molar-refractivity contribution in [1.29, 1.82) is 0 Å². The Morgan fingerprint density at radius 2 is 2.17 bits per heavy atom. The van der Waals surface area contributed by atoms with Crippen molar-refractivity contribution in [2.75, 3.05) is 6.61 Å². The van der Waals surface area contributed by atoms with Gasteiger partial charge in [-0.2, -0.15) is 5.10 Å². The summed E-state index contributed by atoms with van der Waals surface area (Å²) in [6.07, 6.45) is 1.26. The zero-order valence-electron chi connectivity index (χ0n) is 12.8. The molecule has 0 aliphatic carbocycles. The number of carbonyl (C=O) groups is 1. The van der Waals surface area contributed by atoms with Crippen LogP contribution in [0.3, 0.4) is 0 Å². The van der Waals surface area contributed by atoms with E-state index in [1.54, 1.807) is 12.1 Å². The lowest BCUT2D eigenvalue weighted by molar-refractivity contribution is -0.385. The molecule has 8 heteroatoms. The summed E-state index contributed by atoms with van der Waals surface area (Å²) in [6, 6.07) is 11.0. The number of nitrogens with one attached hydrogen (secondary N) is 1. The molecule has 0 saturated carbocycles. The summed E-state index contributed by atoms with van der Waals surface area (Å²) < 4.78 is 5.31. The fourth-order valence-electron chi connectivity index (χ4n) is 1.84. The van der Waals surface area contributed by atoms with Crippen molar-refractivity contribution in [3.05, 3.63) is 63.7 Å². The second kappa shape index (κ2) is 7.73. The van der Waals surface area contributed by atoms with Crippen LogP contribution >= 0.6 is 0 Å². The number of phenolic OH excluding ortho intramolecular Hbond substituents is 1. The number of hydrogen-bond donors (Lipinski definition) is 2. The van der Waals surface area contributed by atoms with Crippen molar-refractivity contribution in [1.82, 2.24) is 5.43 Å². The third-order valence-corrected chi connectivity index (χ3v) is 2.96. The number of hydrogen-bond acceptors (Lipinski definition) is 6. The zero-order valence-corrected chi connectivity index (χ0v) is 12.8. The number of nitro groups is 1. The van der Waals surface area contributed by atoms with E-state index in [1.807, 2.05) is 19.1 Å². The topological polar surface area (TPSA) is 114 Å². The van der Waals surface area contributed by atoms with Crippen LogP contribution in [0, 0.1) is 17.0 Å². The Balaban J connectivity index is 1.86. The molecule has 0 fully saturated rings. The number of benzene rings is 2. The summed E-state index contributed by atoms with van der Waals surface area (Å²) in [5.74, 6) is -0.355. The quantitative estimate of drug-likeness (QED) is 0.479. The van der Waals surface area contributed by atoms with E-state index in [4.69, 9.17) is 4.74 Å². The van der Waals surface area contributed by atoms with Crippen molar-refractivity contribution < 1.29 is 19.6 Å². The van der Waals surface area contributed by atoms with Crippen LogP contribution in [0.2, 0.25) is 0 Å². The highest BCUT2D eigenvalue weighted by Crippen LogP contribution is 2.25. The number of rotatable bonds is 6. The molecule has 0 atom stereocenters. The van der Waals surface area contributed by atoms with Gasteiger partial charge in [0.1, 0.15) is 5.75 Å². The summed E-state index contributed by atoms with van der Waals surface area (Å²) in [5.41, 5.74) is 3.28. The van der Waals surface area contributed by atoms with Gasteiger partial charge in [0.05, 0.1) is 11.1 Å². The number of nitro benzene ring substituents is 1. The highest BCUT2D eigenvalue weighted by atomic mass is 16.6. The van der Waals surface area contributed by atoms with Crippen molar-refractivity contribution in [2.24, 2.45) is 5.10 Å². The molecule has 0 aliphatic heterocycles. The summed E-state index contributed by atoms with van der Waals surface area (Å²) in [4.78, 5) is 21.5. The normalized spacial score (nSPS) is 10.5. The van der Waals surface area contributed by atoms with Crippen LogP contribution in [0.5, 0.6) is 11.5 Å². The van der Waals surface area contributed by atoms with Gasteiger partial charge in [0.25, 0.3) is 5.91 Å². The molecule has 0 heterocycles. The molecule has 1 amide bonds. The maximum atomic E-state index is 11.6. The third kappa shape index (κ3) is 4.80. The molecule has 0 aliphatic rings. The number of nitrogens with zero attached hydrogens (tertiary/aromatic N) is 2. The molecular weight excluding hydrogens is 314 g/mol. The average Bonchev–Trinajstić information content (AvgIpc) is 2.53. The van der Waals surface area contributed by atoms with Gasteiger partial charge in [0.15, 0.2) is 12.4 Å². The van der Waals surface area contributed by atoms with Crippen LogP contribution < -0.4 is 10.2 Å². The lowest BCUT2D eigenvalue weighted by atomic mass is 10.2. The number of aryl methyl sites for hydroxylation is 1. The molecule has 24 heavy (non-hydrogen) atoms. The Kier molecular flexibility index (Phi) is 5.45. The number of ether oxygens (including phenoxy) is 1. The van der Waals surface area contributed by atoms with Crippen molar-refractivity contribution in [2.45, 2.75) is 6.92 Å². The Hall–Kier alpha value is -3.42. The molecule has 0 spiro atoms. The monoisotopic (exact) mass is 329 g/mol. The van der Waals surface area contributed by atoms with Crippen LogP contribution in [0.25, 0.3) is 0 Å². The molecular formula is C16H15N3O5. The minimum atomic E-state index is -0.694. The van der Waals surface area contributed by atoms with Gasteiger partial charge in [-0.05, 0) is 42.3 Å². The lowest BCUT2D eigenvalue weighted by Gasteiger charge is -2.05. The number of amides is 1. The fourth-order valence-corrected chi connectivity index (χ4v) is 1.84. The van der Waals surface area contributed by atoms with Crippen LogP contribution in [-0.2, 0) is 4.79 Å². The minimum Gasteiger partial charge on any atom is -0.502 e. The Bertz CT molecular complexity index is 789. The number of phenols is 1. The molecule has 0 unspecified atom stereocenters. The molecule has 8 nitrogen and oxygen atoms in total. The van der Waals surface area contributed by atoms with E-state index >= 15 is 0 Å². The highest BCUT2D eigenvalue weighted by molar-refractivity contribution is 5.83. The molecule has 124 valence electrons. The van der Waals surface area contributed by atoms with E-state index in [0.717, 1.165) is 11.6 Å². The molecule has 2 aromatic carbocycles. The van der Waals surface area contributed by atoms with Crippen molar-refractivity contribution in [3.8, 4) is 11.5 Å². The first-order valence-corrected chi connectivity index (χ1v) is 6.94.